The van der Waals surface area contributed by atoms with Gasteiger partial charge in [0.05, 0.1) is 5.52 Å². The van der Waals surface area contributed by atoms with Gasteiger partial charge < -0.3 is 14.2 Å². The lowest BCUT2D eigenvalue weighted by Crippen LogP contribution is -2.48. The summed E-state index contributed by atoms with van der Waals surface area (Å²) in [5, 5.41) is 0. The largest absolute Gasteiger partial charge is 0.419 e. The predicted octanol–water partition coefficient (Wildman–Crippen LogP) is 1.54. The van der Waals surface area contributed by atoms with E-state index in [1.54, 1.807) is 10.6 Å². The fourth-order valence-corrected chi connectivity index (χ4v) is 3.09. The van der Waals surface area contributed by atoms with Gasteiger partial charge in [0.2, 0.25) is 5.91 Å². The van der Waals surface area contributed by atoms with Crippen LogP contribution in [0.3, 0.4) is 0 Å². The second kappa shape index (κ2) is 7.00. The van der Waals surface area contributed by atoms with Crippen molar-refractivity contribution in [3.8, 4) is 0 Å². The molecule has 0 bridgehead atoms. The first kappa shape index (κ1) is 15.8. The zero-order valence-electron chi connectivity index (χ0n) is 13.5. The van der Waals surface area contributed by atoms with E-state index >= 15 is 0 Å². The van der Waals surface area contributed by atoms with Crippen LogP contribution in [0.25, 0.3) is 11.1 Å². The standard InChI is InChI=1S/C17H23N3O3/c1-2-18-10-12-19(13-11-18)16(21)8-5-9-20-14-6-3-4-7-15(14)23-17(20)22/h3-4,6-7H,2,5,8-13H2,1H3. The first-order valence-corrected chi connectivity index (χ1v) is 8.27. The Morgan fingerprint density at radius 3 is 2.65 bits per heavy atom. The van der Waals surface area contributed by atoms with E-state index in [4.69, 9.17) is 4.42 Å². The van der Waals surface area contributed by atoms with Crippen LogP contribution in [0.4, 0.5) is 0 Å². The highest BCUT2D eigenvalue weighted by Crippen LogP contribution is 2.13. The molecule has 0 aliphatic carbocycles. The van der Waals surface area contributed by atoms with Gasteiger partial charge >= 0.3 is 5.76 Å². The molecule has 0 unspecified atom stereocenters. The van der Waals surface area contributed by atoms with Crippen molar-refractivity contribution < 1.29 is 9.21 Å². The minimum absolute atomic E-state index is 0.182. The molecule has 1 aliphatic rings. The summed E-state index contributed by atoms with van der Waals surface area (Å²) in [4.78, 5) is 28.4. The first-order valence-electron chi connectivity index (χ1n) is 8.27. The Bertz CT molecular complexity index is 726. The summed E-state index contributed by atoms with van der Waals surface area (Å²) in [5.74, 6) is -0.170. The molecule has 0 N–H and O–H groups in total. The van der Waals surface area contributed by atoms with Gasteiger partial charge in [-0.05, 0) is 25.1 Å². The van der Waals surface area contributed by atoms with Crippen LogP contribution in [0.1, 0.15) is 19.8 Å². The van der Waals surface area contributed by atoms with E-state index in [0.717, 1.165) is 38.2 Å². The average Bonchev–Trinajstić information content (AvgIpc) is 2.90. The maximum Gasteiger partial charge on any atom is 0.419 e. The molecular formula is C17H23N3O3. The Labute approximate surface area is 135 Å². The summed E-state index contributed by atoms with van der Waals surface area (Å²) in [5.41, 5.74) is 1.39. The van der Waals surface area contributed by atoms with Gasteiger partial charge in [0.1, 0.15) is 0 Å². The zero-order valence-corrected chi connectivity index (χ0v) is 13.5. The van der Waals surface area contributed by atoms with Gasteiger partial charge in [0.15, 0.2) is 5.58 Å². The van der Waals surface area contributed by atoms with Crippen molar-refractivity contribution in [1.29, 1.82) is 0 Å². The number of aromatic nitrogens is 1. The van der Waals surface area contributed by atoms with Crippen molar-refractivity contribution >= 4 is 17.0 Å². The molecule has 1 aromatic heterocycles. The van der Waals surface area contributed by atoms with Crippen molar-refractivity contribution in [2.75, 3.05) is 32.7 Å². The number of hydrogen-bond acceptors (Lipinski definition) is 4. The lowest BCUT2D eigenvalue weighted by molar-refractivity contribution is -0.133. The van der Waals surface area contributed by atoms with E-state index in [2.05, 4.69) is 11.8 Å². The molecule has 1 aliphatic heterocycles. The first-order chi connectivity index (χ1) is 11.2. The Kier molecular flexibility index (Phi) is 4.81. The third kappa shape index (κ3) is 3.47. The average molecular weight is 317 g/mol. The number of oxazole rings is 1. The van der Waals surface area contributed by atoms with Crippen LogP contribution in [0.2, 0.25) is 0 Å². The molecule has 0 atom stereocenters. The topological polar surface area (TPSA) is 58.7 Å². The van der Waals surface area contributed by atoms with E-state index < -0.39 is 0 Å². The molecule has 2 aromatic rings. The van der Waals surface area contributed by atoms with Gasteiger partial charge in [0, 0.05) is 39.1 Å². The highest BCUT2D eigenvalue weighted by Gasteiger charge is 2.19. The number of nitrogens with zero attached hydrogens (tertiary/aromatic N) is 3. The molecule has 1 saturated heterocycles. The van der Waals surface area contributed by atoms with Gasteiger partial charge in [-0.15, -0.1) is 0 Å². The lowest BCUT2D eigenvalue weighted by Gasteiger charge is -2.34. The smallest absolute Gasteiger partial charge is 0.408 e. The number of amides is 1. The monoisotopic (exact) mass is 317 g/mol. The fraction of sp³-hybridized carbons (Fsp3) is 0.529. The fourth-order valence-electron chi connectivity index (χ4n) is 3.09. The number of rotatable bonds is 5. The molecule has 0 saturated carbocycles. The maximum absolute atomic E-state index is 12.3. The number of para-hydroxylation sites is 2. The predicted molar refractivity (Wildman–Crippen MR) is 88.4 cm³/mol. The van der Waals surface area contributed by atoms with Gasteiger partial charge in [-0.1, -0.05) is 19.1 Å². The third-order valence-electron chi connectivity index (χ3n) is 4.52. The molecule has 6 heteroatoms. The summed E-state index contributed by atoms with van der Waals surface area (Å²) >= 11 is 0. The van der Waals surface area contributed by atoms with Crippen LogP contribution >= 0.6 is 0 Å². The maximum atomic E-state index is 12.3. The normalized spacial score (nSPS) is 16.1. The second-order valence-electron chi connectivity index (χ2n) is 5.91. The molecule has 124 valence electrons. The summed E-state index contributed by atoms with van der Waals surface area (Å²) in [6.45, 7) is 7.21. The SMILES string of the molecule is CCN1CCN(C(=O)CCCn2c(=O)oc3ccccc32)CC1. The molecule has 2 heterocycles. The van der Waals surface area contributed by atoms with E-state index in [0.29, 0.717) is 25.0 Å². The summed E-state index contributed by atoms with van der Waals surface area (Å²) in [6, 6.07) is 7.37. The van der Waals surface area contributed by atoms with E-state index in [1.807, 2.05) is 23.1 Å². The molecule has 1 amide bonds. The van der Waals surface area contributed by atoms with Gasteiger partial charge in [0.25, 0.3) is 0 Å². The zero-order chi connectivity index (χ0) is 16.2. The number of carbonyl (C=O) groups is 1. The number of piperazine rings is 1. The van der Waals surface area contributed by atoms with Crippen LogP contribution in [0.5, 0.6) is 0 Å². The molecule has 3 rings (SSSR count). The highest BCUT2D eigenvalue weighted by atomic mass is 16.4. The van der Waals surface area contributed by atoms with Crippen LogP contribution in [0, 0.1) is 0 Å². The molecule has 23 heavy (non-hydrogen) atoms. The number of carbonyl (C=O) groups excluding carboxylic acids is 1. The van der Waals surface area contributed by atoms with E-state index in [1.165, 1.54) is 0 Å². The Balaban J connectivity index is 1.54. The molecular weight excluding hydrogens is 294 g/mol. The van der Waals surface area contributed by atoms with Crippen LogP contribution < -0.4 is 5.76 Å². The number of benzene rings is 1. The number of hydrogen-bond donors (Lipinski definition) is 0. The van der Waals surface area contributed by atoms with Gasteiger partial charge in [-0.25, -0.2) is 4.79 Å². The molecule has 6 nitrogen and oxygen atoms in total. The van der Waals surface area contributed by atoms with Gasteiger partial charge in [-0.2, -0.15) is 0 Å². The van der Waals surface area contributed by atoms with Crippen molar-refractivity contribution in [2.45, 2.75) is 26.3 Å². The quantitative estimate of drug-likeness (QED) is 0.839. The van der Waals surface area contributed by atoms with Gasteiger partial charge in [-0.3, -0.25) is 9.36 Å². The Morgan fingerprint density at radius 2 is 1.91 bits per heavy atom. The number of aryl methyl sites for hydroxylation is 1. The van der Waals surface area contributed by atoms with E-state index in [9.17, 15) is 9.59 Å². The number of fused-ring (bicyclic) bond motifs is 1. The Hall–Kier alpha value is -2.08. The molecule has 0 radical (unpaired) electrons. The molecule has 0 spiro atoms. The highest BCUT2D eigenvalue weighted by molar-refractivity contribution is 5.76. The van der Waals surface area contributed by atoms with Crippen molar-refractivity contribution in [3.63, 3.8) is 0 Å². The molecule has 1 aromatic carbocycles. The minimum Gasteiger partial charge on any atom is -0.408 e. The van der Waals surface area contributed by atoms with Crippen LogP contribution in [-0.4, -0.2) is 53.0 Å². The van der Waals surface area contributed by atoms with Crippen molar-refractivity contribution in [1.82, 2.24) is 14.4 Å². The summed E-state index contributed by atoms with van der Waals surface area (Å²) < 4.78 is 6.81. The third-order valence-corrected chi connectivity index (χ3v) is 4.52. The number of likely N-dealkylation sites (N-methyl/N-ethyl adjacent to an activating group) is 1. The summed E-state index contributed by atoms with van der Waals surface area (Å²) in [7, 11) is 0. The van der Waals surface area contributed by atoms with Crippen molar-refractivity contribution in [3.05, 3.63) is 34.8 Å². The lowest BCUT2D eigenvalue weighted by atomic mass is 10.2. The Morgan fingerprint density at radius 1 is 1.17 bits per heavy atom. The van der Waals surface area contributed by atoms with Crippen molar-refractivity contribution in [2.24, 2.45) is 0 Å². The van der Waals surface area contributed by atoms with Crippen LogP contribution in [-0.2, 0) is 11.3 Å². The van der Waals surface area contributed by atoms with E-state index in [-0.39, 0.29) is 11.7 Å². The molecule has 1 fully saturated rings. The minimum atomic E-state index is -0.352. The second-order valence-corrected chi connectivity index (χ2v) is 5.91. The summed E-state index contributed by atoms with van der Waals surface area (Å²) in [6.07, 6.45) is 1.12. The van der Waals surface area contributed by atoms with Crippen LogP contribution in [0.15, 0.2) is 33.5 Å².